The number of hydrogen-bond donors (Lipinski definition) is 1. The molecule has 2 amide bonds. The van der Waals surface area contributed by atoms with E-state index in [1.807, 2.05) is 65.6 Å². The van der Waals surface area contributed by atoms with E-state index in [0.717, 1.165) is 17.7 Å². The van der Waals surface area contributed by atoms with Crippen LogP contribution in [0.15, 0.2) is 79.0 Å². The Morgan fingerprint density at radius 2 is 1.80 bits per heavy atom. The molecule has 1 aromatic heterocycles. The van der Waals surface area contributed by atoms with E-state index in [1.165, 1.54) is 5.56 Å². The van der Waals surface area contributed by atoms with Crippen LogP contribution < -0.4 is 5.32 Å². The Kier molecular flexibility index (Phi) is 6.44. The van der Waals surface area contributed by atoms with Gasteiger partial charge < -0.3 is 10.2 Å². The van der Waals surface area contributed by atoms with E-state index in [-0.39, 0.29) is 17.2 Å². The average molecular weight is 418 g/mol. The molecule has 5 nitrogen and oxygen atoms in total. The highest BCUT2D eigenvalue weighted by atomic mass is 32.2. The first-order valence-corrected chi connectivity index (χ1v) is 11.0. The van der Waals surface area contributed by atoms with E-state index in [2.05, 4.69) is 22.4 Å². The van der Waals surface area contributed by atoms with Gasteiger partial charge in [-0.25, -0.2) is 0 Å². The van der Waals surface area contributed by atoms with Gasteiger partial charge in [0.05, 0.1) is 18.0 Å². The van der Waals surface area contributed by atoms with Crippen molar-refractivity contribution in [2.24, 2.45) is 0 Å². The number of aromatic nitrogens is 1. The number of hydrogen-bond acceptors (Lipinski definition) is 4. The minimum absolute atomic E-state index is 0.00755. The van der Waals surface area contributed by atoms with Crippen LogP contribution in [0.25, 0.3) is 0 Å². The largest absolute Gasteiger partial charge is 0.346 e. The summed E-state index contributed by atoms with van der Waals surface area (Å²) >= 11 is 1.64. The lowest BCUT2D eigenvalue weighted by Crippen LogP contribution is -2.30. The number of benzene rings is 2. The first kappa shape index (κ1) is 20.2. The van der Waals surface area contributed by atoms with Crippen LogP contribution in [-0.2, 0) is 17.8 Å². The van der Waals surface area contributed by atoms with Crippen LogP contribution in [0.3, 0.4) is 0 Å². The fourth-order valence-corrected chi connectivity index (χ4v) is 4.66. The zero-order valence-electron chi connectivity index (χ0n) is 16.5. The lowest BCUT2D eigenvalue weighted by Gasteiger charge is -2.24. The van der Waals surface area contributed by atoms with Crippen molar-refractivity contribution < 1.29 is 9.59 Å². The van der Waals surface area contributed by atoms with Crippen molar-refractivity contribution in [2.75, 3.05) is 12.3 Å². The van der Waals surface area contributed by atoms with Gasteiger partial charge in [0.1, 0.15) is 5.37 Å². The van der Waals surface area contributed by atoms with Crippen LogP contribution in [-0.4, -0.2) is 34.0 Å². The van der Waals surface area contributed by atoms with Gasteiger partial charge in [0, 0.05) is 18.3 Å². The normalized spacial score (nSPS) is 15.9. The first-order chi connectivity index (χ1) is 14.7. The third-order valence-corrected chi connectivity index (χ3v) is 6.32. The van der Waals surface area contributed by atoms with Gasteiger partial charge in [0.15, 0.2) is 0 Å². The zero-order chi connectivity index (χ0) is 20.8. The molecule has 4 rings (SSSR count). The van der Waals surface area contributed by atoms with Gasteiger partial charge >= 0.3 is 0 Å². The highest BCUT2D eigenvalue weighted by Gasteiger charge is 2.32. The Morgan fingerprint density at radius 1 is 1.03 bits per heavy atom. The van der Waals surface area contributed by atoms with Crippen molar-refractivity contribution in [2.45, 2.75) is 18.3 Å². The fraction of sp³-hybridized carbons (Fsp3) is 0.208. The summed E-state index contributed by atoms with van der Waals surface area (Å²) in [4.78, 5) is 31.0. The Labute approximate surface area is 180 Å². The molecule has 0 radical (unpaired) electrons. The molecule has 1 fully saturated rings. The van der Waals surface area contributed by atoms with Gasteiger partial charge in [0.2, 0.25) is 5.91 Å². The molecule has 1 atom stereocenters. The van der Waals surface area contributed by atoms with Crippen molar-refractivity contribution in [3.05, 3.63) is 101 Å². The van der Waals surface area contributed by atoms with Crippen LogP contribution in [0.4, 0.5) is 0 Å². The van der Waals surface area contributed by atoms with Gasteiger partial charge in [-0.1, -0.05) is 48.5 Å². The van der Waals surface area contributed by atoms with E-state index < -0.39 is 0 Å². The molecule has 0 unspecified atom stereocenters. The lowest BCUT2D eigenvalue weighted by atomic mass is 10.1. The number of carbonyl (C=O) groups is 2. The van der Waals surface area contributed by atoms with Crippen LogP contribution in [0, 0.1) is 0 Å². The molecule has 1 saturated heterocycles. The molecule has 1 aliphatic heterocycles. The second kappa shape index (κ2) is 9.59. The monoisotopic (exact) mass is 417 g/mol. The standard InChI is InChI=1S/C24H23N3O2S/c28-22-17-30-24(27(22)15-13-18-6-2-1-3-7-18)20-11-9-19(10-12-20)23(29)26-16-21-8-4-5-14-25-21/h1-12,14,24H,13,15-17H2,(H,26,29)/t24-/m1/s1. The molecule has 3 aromatic rings. The average Bonchev–Trinajstić information content (AvgIpc) is 3.18. The second-order valence-electron chi connectivity index (χ2n) is 7.11. The third kappa shape index (κ3) is 4.89. The molecular formula is C24H23N3O2S. The van der Waals surface area contributed by atoms with Gasteiger partial charge in [-0.15, -0.1) is 11.8 Å². The Bertz CT molecular complexity index is 994. The van der Waals surface area contributed by atoms with Gasteiger partial charge in [-0.3, -0.25) is 14.6 Å². The molecule has 2 heterocycles. The summed E-state index contributed by atoms with van der Waals surface area (Å²) in [5.41, 5.74) is 3.68. The quantitative estimate of drug-likeness (QED) is 0.635. The predicted molar refractivity (Wildman–Crippen MR) is 119 cm³/mol. The van der Waals surface area contributed by atoms with E-state index in [4.69, 9.17) is 0 Å². The highest BCUT2D eigenvalue weighted by Crippen LogP contribution is 2.38. The maximum Gasteiger partial charge on any atom is 0.251 e. The molecule has 1 N–H and O–H groups in total. The number of pyridine rings is 1. The van der Waals surface area contributed by atoms with Crippen LogP contribution in [0.5, 0.6) is 0 Å². The van der Waals surface area contributed by atoms with E-state index in [1.54, 1.807) is 18.0 Å². The Morgan fingerprint density at radius 3 is 2.53 bits per heavy atom. The molecule has 0 aliphatic carbocycles. The van der Waals surface area contributed by atoms with E-state index in [9.17, 15) is 9.59 Å². The minimum atomic E-state index is -0.136. The number of carbonyl (C=O) groups excluding carboxylic acids is 2. The van der Waals surface area contributed by atoms with Gasteiger partial charge in [-0.2, -0.15) is 0 Å². The number of amides is 2. The molecule has 0 bridgehead atoms. The predicted octanol–water partition coefficient (Wildman–Crippen LogP) is 3.83. The molecule has 6 heteroatoms. The Balaban J connectivity index is 1.38. The number of nitrogens with zero attached hydrogens (tertiary/aromatic N) is 2. The summed E-state index contributed by atoms with van der Waals surface area (Å²) in [6.45, 7) is 1.08. The minimum Gasteiger partial charge on any atom is -0.346 e. The summed E-state index contributed by atoms with van der Waals surface area (Å²) in [5, 5.41) is 2.88. The van der Waals surface area contributed by atoms with Crippen LogP contribution in [0.1, 0.15) is 32.6 Å². The molecule has 2 aromatic carbocycles. The van der Waals surface area contributed by atoms with E-state index in [0.29, 0.717) is 24.4 Å². The SMILES string of the molecule is O=C(NCc1ccccn1)c1ccc([C@H]2SCC(=O)N2CCc2ccccc2)cc1. The van der Waals surface area contributed by atoms with Crippen LogP contribution >= 0.6 is 11.8 Å². The Hall–Kier alpha value is -3.12. The zero-order valence-corrected chi connectivity index (χ0v) is 17.3. The van der Waals surface area contributed by atoms with Crippen molar-refractivity contribution in [1.82, 2.24) is 15.2 Å². The van der Waals surface area contributed by atoms with Crippen molar-refractivity contribution in [1.29, 1.82) is 0 Å². The maximum absolute atomic E-state index is 12.4. The topological polar surface area (TPSA) is 62.3 Å². The number of thioether (sulfide) groups is 1. The first-order valence-electron chi connectivity index (χ1n) is 9.94. The van der Waals surface area contributed by atoms with Crippen molar-refractivity contribution in [3.8, 4) is 0 Å². The molecular weight excluding hydrogens is 394 g/mol. The second-order valence-corrected chi connectivity index (χ2v) is 8.18. The molecule has 0 saturated carbocycles. The number of rotatable bonds is 7. The number of nitrogens with one attached hydrogen (secondary N) is 1. The summed E-state index contributed by atoms with van der Waals surface area (Å²) in [6, 6.07) is 23.4. The fourth-order valence-electron chi connectivity index (χ4n) is 3.44. The van der Waals surface area contributed by atoms with Crippen LogP contribution in [0.2, 0.25) is 0 Å². The highest BCUT2D eigenvalue weighted by molar-refractivity contribution is 8.00. The van der Waals surface area contributed by atoms with Gasteiger partial charge in [-0.05, 0) is 41.8 Å². The molecule has 152 valence electrons. The lowest BCUT2D eigenvalue weighted by molar-refractivity contribution is -0.128. The molecule has 30 heavy (non-hydrogen) atoms. The summed E-state index contributed by atoms with van der Waals surface area (Å²) < 4.78 is 0. The van der Waals surface area contributed by atoms with E-state index >= 15 is 0 Å². The summed E-state index contributed by atoms with van der Waals surface area (Å²) in [7, 11) is 0. The summed E-state index contributed by atoms with van der Waals surface area (Å²) in [5.74, 6) is 0.521. The summed E-state index contributed by atoms with van der Waals surface area (Å²) in [6.07, 6.45) is 2.54. The van der Waals surface area contributed by atoms with Crippen molar-refractivity contribution in [3.63, 3.8) is 0 Å². The molecule has 1 aliphatic rings. The van der Waals surface area contributed by atoms with Crippen molar-refractivity contribution >= 4 is 23.6 Å². The molecule has 0 spiro atoms. The smallest absolute Gasteiger partial charge is 0.251 e. The maximum atomic E-state index is 12.4. The van der Waals surface area contributed by atoms with Gasteiger partial charge in [0.25, 0.3) is 5.91 Å². The third-order valence-electron chi connectivity index (χ3n) is 5.07.